The summed E-state index contributed by atoms with van der Waals surface area (Å²) in [6.07, 6.45) is 5.60. The molecule has 7 heteroatoms. The third kappa shape index (κ3) is 5.84. The highest BCUT2D eigenvalue weighted by Gasteiger charge is 2.18. The van der Waals surface area contributed by atoms with Crippen molar-refractivity contribution in [2.75, 3.05) is 6.26 Å². The van der Waals surface area contributed by atoms with Crippen molar-refractivity contribution in [3.05, 3.63) is 60.3 Å². The zero-order chi connectivity index (χ0) is 21.1. The molecule has 0 unspecified atom stereocenters. The number of fused-ring (bicyclic) bond motifs is 1. The molecule has 0 spiro atoms. The van der Waals surface area contributed by atoms with Gasteiger partial charge in [0, 0.05) is 23.6 Å². The Kier molecular flexibility index (Phi) is 5.98. The largest absolute Gasteiger partial charge is 0.480 e. The van der Waals surface area contributed by atoms with Crippen molar-refractivity contribution in [1.82, 2.24) is 4.57 Å². The average Bonchev–Trinajstić information content (AvgIpc) is 3.03. The molecular formula is C22H25NO5S. The molecule has 154 valence electrons. The number of rotatable bonds is 9. The number of hydrogen-bond acceptors (Lipinski definition) is 5. The minimum atomic E-state index is -3.54. The lowest BCUT2D eigenvalue weighted by Crippen LogP contribution is -2.29. The minimum absolute atomic E-state index is 0.313. The Hall–Kier alpha value is -2.80. The topological polar surface area (TPSA) is 74.6 Å². The molecule has 0 bridgehead atoms. The lowest BCUT2D eigenvalue weighted by molar-refractivity contribution is -0.119. The number of nitrogens with zero attached hydrogens (tertiary/aromatic N) is 1. The normalized spacial score (nSPS) is 12.1. The van der Waals surface area contributed by atoms with E-state index in [0.717, 1.165) is 48.4 Å². The van der Waals surface area contributed by atoms with Crippen LogP contribution >= 0.6 is 0 Å². The van der Waals surface area contributed by atoms with Crippen LogP contribution in [0.2, 0.25) is 0 Å². The Labute approximate surface area is 171 Å². The summed E-state index contributed by atoms with van der Waals surface area (Å²) in [4.78, 5) is 11.1. The Bertz CT molecular complexity index is 1120. The fourth-order valence-corrected chi connectivity index (χ4v) is 3.60. The molecule has 0 radical (unpaired) electrons. The molecule has 0 aliphatic carbocycles. The van der Waals surface area contributed by atoms with E-state index in [4.69, 9.17) is 8.92 Å². The molecule has 1 aromatic heterocycles. The summed E-state index contributed by atoms with van der Waals surface area (Å²) in [7, 11) is -3.54. The third-order valence-corrected chi connectivity index (χ3v) is 4.91. The van der Waals surface area contributed by atoms with Crippen molar-refractivity contribution >= 4 is 27.3 Å². The highest BCUT2D eigenvalue weighted by molar-refractivity contribution is 7.86. The van der Waals surface area contributed by atoms with Gasteiger partial charge in [-0.15, -0.1) is 0 Å². The maximum Gasteiger partial charge on any atom is 0.306 e. The summed E-state index contributed by atoms with van der Waals surface area (Å²) in [6.45, 7) is 4.28. The highest BCUT2D eigenvalue weighted by Crippen LogP contribution is 2.24. The van der Waals surface area contributed by atoms with Gasteiger partial charge in [0.05, 0.1) is 6.26 Å². The van der Waals surface area contributed by atoms with E-state index in [-0.39, 0.29) is 0 Å². The number of aldehydes is 1. The number of aryl methyl sites for hydroxylation is 2. The molecule has 0 saturated heterocycles. The Morgan fingerprint density at radius 3 is 2.59 bits per heavy atom. The quantitative estimate of drug-likeness (QED) is 0.390. The van der Waals surface area contributed by atoms with Crippen LogP contribution in [0.5, 0.6) is 11.5 Å². The molecule has 0 aliphatic heterocycles. The van der Waals surface area contributed by atoms with Gasteiger partial charge >= 0.3 is 10.1 Å². The van der Waals surface area contributed by atoms with Crippen molar-refractivity contribution in [3.8, 4) is 11.5 Å². The van der Waals surface area contributed by atoms with Crippen molar-refractivity contribution in [3.63, 3.8) is 0 Å². The van der Waals surface area contributed by atoms with Crippen LogP contribution in [0.15, 0.2) is 54.7 Å². The van der Waals surface area contributed by atoms with Gasteiger partial charge in [-0.05, 0) is 68.7 Å². The smallest absolute Gasteiger partial charge is 0.306 e. The maximum atomic E-state index is 11.3. The molecule has 0 atom stereocenters. The van der Waals surface area contributed by atoms with Crippen LogP contribution in [0.3, 0.4) is 0 Å². The average molecular weight is 416 g/mol. The van der Waals surface area contributed by atoms with E-state index in [1.807, 2.05) is 42.6 Å². The van der Waals surface area contributed by atoms with E-state index < -0.39 is 15.7 Å². The van der Waals surface area contributed by atoms with E-state index in [0.29, 0.717) is 11.5 Å². The molecular weight excluding hydrogens is 390 g/mol. The summed E-state index contributed by atoms with van der Waals surface area (Å²) in [5.41, 5.74) is 1.32. The Morgan fingerprint density at radius 1 is 1.07 bits per heavy atom. The van der Waals surface area contributed by atoms with E-state index in [9.17, 15) is 13.2 Å². The zero-order valence-electron chi connectivity index (χ0n) is 16.8. The monoisotopic (exact) mass is 415 g/mol. The summed E-state index contributed by atoms with van der Waals surface area (Å²) < 4.78 is 35.4. The predicted octanol–water partition coefficient (Wildman–Crippen LogP) is 3.97. The molecule has 0 saturated carbocycles. The number of benzene rings is 2. The van der Waals surface area contributed by atoms with Crippen LogP contribution in [-0.4, -0.2) is 31.1 Å². The lowest BCUT2D eigenvalue weighted by Gasteiger charge is -2.20. The van der Waals surface area contributed by atoms with Gasteiger partial charge in [0.25, 0.3) is 0 Å². The molecule has 0 N–H and O–H groups in total. The zero-order valence-corrected chi connectivity index (χ0v) is 17.6. The van der Waals surface area contributed by atoms with Crippen LogP contribution in [0.25, 0.3) is 10.9 Å². The maximum absolute atomic E-state index is 11.3. The first-order valence-electron chi connectivity index (χ1n) is 9.38. The van der Waals surface area contributed by atoms with Crippen molar-refractivity contribution in [2.45, 2.75) is 38.8 Å². The molecule has 0 fully saturated rings. The first kappa shape index (κ1) is 20.9. The van der Waals surface area contributed by atoms with Gasteiger partial charge in [0.1, 0.15) is 11.5 Å². The standard InChI is InChI=1S/C22H25NO5S/c1-22(2,16-24)27-19-8-4-6-17(14-19)7-5-12-23-13-11-18-15-20(9-10-21(18)23)28-29(3,25)26/h4,6,8-11,13-16H,5,7,12H2,1-3H3. The van der Waals surface area contributed by atoms with Gasteiger partial charge in [0.15, 0.2) is 11.9 Å². The number of hydrogen-bond donors (Lipinski definition) is 0. The van der Waals surface area contributed by atoms with Crippen LogP contribution in [0, 0.1) is 0 Å². The molecule has 3 aromatic rings. The second kappa shape index (κ2) is 8.29. The number of carbonyl (C=O) groups excluding carboxylic acids is 1. The SMILES string of the molecule is CC(C)(C=O)Oc1cccc(CCCn2ccc3cc(OS(C)(=O)=O)ccc32)c1. The van der Waals surface area contributed by atoms with Gasteiger partial charge in [-0.3, -0.25) is 4.79 Å². The van der Waals surface area contributed by atoms with E-state index in [1.54, 1.807) is 26.0 Å². The molecule has 0 amide bonds. The summed E-state index contributed by atoms with van der Waals surface area (Å²) >= 11 is 0. The second-order valence-electron chi connectivity index (χ2n) is 7.59. The molecule has 2 aromatic carbocycles. The van der Waals surface area contributed by atoms with Gasteiger partial charge in [0.2, 0.25) is 0 Å². The first-order chi connectivity index (χ1) is 13.6. The number of ether oxygens (including phenoxy) is 1. The lowest BCUT2D eigenvalue weighted by atomic mass is 10.1. The van der Waals surface area contributed by atoms with Gasteiger partial charge < -0.3 is 13.5 Å². The molecule has 3 rings (SSSR count). The number of aromatic nitrogens is 1. The van der Waals surface area contributed by atoms with Crippen molar-refractivity contribution < 1.29 is 22.1 Å². The molecule has 0 aliphatic rings. The summed E-state index contributed by atoms with van der Waals surface area (Å²) in [5.74, 6) is 0.997. The summed E-state index contributed by atoms with van der Waals surface area (Å²) in [6, 6.07) is 15.0. The minimum Gasteiger partial charge on any atom is -0.480 e. The number of carbonyl (C=O) groups is 1. The fraction of sp³-hybridized carbons (Fsp3) is 0.318. The molecule has 29 heavy (non-hydrogen) atoms. The first-order valence-corrected chi connectivity index (χ1v) is 11.2. The Balaban J connectivity index is 1.63. The molecule has 1 heterocycles. The third-order valence-electron chi connectivity index (χ3n) is 4.42. The second-order valence-corrected chi connectivity index (χ2v) is 9.17. The Morgan fingerprint density at radius 2 is 1.86 bits per heavy atom. The molecule has 6 nitrogen and oxygen atoms in total. The summed E-state index contributed by atoms with van der Waals surface area (Å²) in [5, 5.41) is 0.928. The van der Waals surface area contributed by atoms with Crippen LogP contribution < -0.4 is 8.92 Å². The van der Waals surface area contributed by atoms with Crippen LogP contribution in [0.4, 0.5) is 0 Å². The van der Waals surface area contributed by atoms with Gasteiger partial charge in [-0.2, -0.15) is 8.42 Å². The van der Waals surface area contributed by atoms with Crippen molar-refractivity contribution in [1.29, 1.82) is 0 Å². The van der Waals surface area contributed by atoms with Gasteiger partial charge in [-0.1, -0.05) is 12.1 Å². The van der Waals surface area contributed by atoms with E-state index in [1.165, 1.54) is 0 Å². The van der Waals surface area contributed by atoms with E-state index in [2.05, 4.69) is 4.57 Å². The van der Waals surface area contributed by atoms with Gasteiger partial charge in [-0.25, -0.2) is 0 Å². The van der Waals surface area contributed by atoms with E-state index >= 15 is 0 Å². The predicted molar refractivity (Wildman–Crippen MR) is 113 cm³/mol. The fourth-order valence-electron chi connectivity index (χ4n) is 3.15. The highest BCUT2D eigenvalue weighted by atomic mass is 32.2. The van der Waals surface area contributed by atoms with Crippen LogP contribution in [0.1, 0.15) is 25.8 Å². The van der Waals surface area contributed by atoms with Crippen LogP contribution in [-0.2, 0) is 27.9 Å². The van der Waals surface area contributed by atoms with Crippen molar-refractivity contribution in [2.24, 2.45) is 0 Å².